The van der Waals surface area contributed by atoms with Gasteiger partial charge in [0.2, 0.25) is 21.8 Å². The van der Waals surface area contributed by atoms with E-state index in [0.29, 0.717) is 11.3 Å². The Labute approximate surface area is 167 Å². The van der Waals surface area contributed by atoms with Crippen LogP contribution in [0.4, 0.5) is 5.69 Å². The fourth-order valence-electron chi connectivity index (χ4n) is 4.10. The Morgan fingerprint density at radius 1 is 1.25 bits per heavy atom. The lowest BCUT2D eigenvalue weighted by molar-refractivity contribution is -0.122. The number of hydrogen-bond acceptors (Lipinski definition) is 4. The number of nitrogens with zero attached hydrogens (tertiary/aromatic N) is 2. The fraction of sp³-hybridized carbons (Fsp3) is 0.600. The van der Waals surface area contributed by atoms with E-state index in [1.807, 2.05) is 0 Å². The summed E-state index contributed by atoms with van der Waals surface area (Å²) in [5.41, 5.74) is 0.611. The molecule has 0 saturated heterocycles. The van der Waals surface area contributed by atoms with Gasteiger partial charge in [-0.25, -0.2) is 8.42 Å². The van der Waals surface area contributed by atoms with Gasteiger partial charge in [-0.15, -0.1) is 0 Å². The van der Waals surface area contributed by atoms with E-state index in [1.54, 1.807) is 37.9 Å². The highest BCUT2D eigenvalue weighted by atomic mass is 32.2. The number of sulfonamides is 1. The number of nitrogens with one attached hydrogen (secondary N) is 1. The number of benzene rings is 1. The van der Waals surface area contributed by atoms with Crippen molar-refractivity contribution in [3.05, 3.63) is 23.8 Å². The van der Waals surface area contributed by atoms with Crippen LogP contribution in [0.15, 0.2) is 23.1 Å². The minimum Gasteiger partial charge on any atom is -0.352 e. The quantitative estimate of drug-likeness (QED) is 0.809. The molecular formula is C20H29N3O4S. The lowest BCUT2D eigenvalue weighted by Gasteiger charge is -2.24. The number of rotatable bonds is 5. The van der Waals surface area contributed by atoms with Gasteiger partial charge in [-0.05, 0) is 50.5 Å². The van der Waals surface area contributed by atoms with Crippen LogP contribution < -0.4 is 10.2 Å². The van der Waals surface area contributed by atoms with Crippen molar-refractivity contribution < 1.29 is 18.0 Å². The molecule has 1 N–H and O–H groups in total. The van der Waals surface area contributed by atoms with Gasteiger partial charge in [-0.1, -0.05) is 19.3 Å². The highest BCUT2D eigenvalue weighted by Gasteiger charge is 2.43. The van der Waals surface area contributed by atoms with E-state index in [4.69, 9.17) is 0 Å². The van der Waals surface area contributed by atoms with Crippen LogP contribution >= 0.6 is 0 Å². The zero-order chi connectivity index (χ0) is 20.7. The maximum atomic E-state index is 13.0. The number of fused-ring (bicyclic) bond motifs is 1. The maximum absolute atomic E-state index is 13.0. The summed E-state index contributed by atoms with van der Waals surface area (Å²) in [5, 5.41) is 2.94. The van der Waals surface area contributed by atoms with Crippen molar-refractivity contribution >= 4 is 27.5 Å². The summed E-state index contributed by atoms with van der Waals surface area (Å²) in [6.07, 6.45) is 5.27. The average molecular weight is 408 g/mol. The molecule has 2 amide bonds. The second kappa shape index (κ2) is 7.48. The van der Waals surface area contributed by atoms with E-state index in [9.17, 15) is 18.0 Å². The molecule has 2 aliphatic rings. The molecule has 0 bridgehead atoms. The highest BCUT2D eigenvalue weighted by Crippen LogP contribution is 2.41. The molecule has 0 aromatic heterocycles. The van der Waals surface area contributed by atoms with Crippen LogP contribution in [0.1, 0.15) is 51.5 Å². The number of carbonyl (C=O) groups is 2. The molecule has 8 heteroatoms. The van der Waals surface area contributed by atoms with E-state index < -0.39 is 15.4 Å². The van der Waals surface area contributed by atoms with Crippen LogP contribution in [0, 0.1) is 0 Å². The Bertz CT molecular complexity index is 889. The maximum Gasteiger partial charge on any atom is 0.243 e. The molecule has 28 heavy (non-hydrogen) atoms. The van der Waals surface area contributed by atoms with Gasteiger partial charge < -0.3 is 10.2 Å². The molecule has 0 spiro atoms. The standard InChI is InChI=1S/C20H29N3O4S/c1-20(2)16-12-15(10-11-17(16)23(4)19(20)25)28(26,27)22(3)13-18(24)21-14-8-6-5-7-9-14/h10-12,14H,5-9,13H2,1-4H3,(H,21,24). The topological polar surface area (TPSA) is 86.8 Å². The Kier molecular flexibility index (Phi) is 5.55. The third kappa shape index (κ3) is 3.67. The SMILES string of the molecule is CN1C(=O)C(C)(C)c2cc(S(=O)(=O)N(C)CC(=O)NC3CCCCC3)ccc21. The van der Waals surface area contributed by atoms with Gasteiger partial charge in [0.05, 0.1) is 16.9 Å². The molecule has 1 heterocycles. The first kappa shape index (κ1) is 20.8. The number of carbonyl (C=O) groups excluding carboxylic acids is 2. The van der Waals surface area contributed by atoms with Crippen LogP contribution in [-0.2, 0) is 25.0 Å². The molecular weight excluding hydrogens is 378 g/mol. The van der Waals surface area contributed by atoms with E-state index >= 15 is 0 Å². The van der Waals surface area contributed by atoms with Crippen LogP contribution in [0.3, 0.4) is 0 Å². The second-order valence-corrected chi connectivity index (χ2v) is 10.4. The summed E-state index contributed by atoms with van der Waals surface area (Å²) in [6.45, 7) is 3.35. The van der Waals surface area contributed by atoms with E-state index in [2.05, 4.69) is 5.32 Å². The molecule has 1 aliphatic heterocycles. The Morgan fingerprint density at radius 2 is 1.89 bits per heavy atom. The highest BCUT2D eigenvalue weighted by molar-refractivity contribution is 7.89. The van der Waals surface area contributed by atoms with Crippen molar-refractivity contribution in [2.75, 3.05) is 25.5 Å². The summed E-state index contributed by atoms with van der Waals surface area (Å²) >= 11 is 0. The Hall–Kier alpha value is -1.93. The van der Waals surface area contributed by atoms with E-state index in [-0.39, 0.29) is 29.3 Å². The summed E-state index contributed by atoms with van der Waals surface area (Å²) in [5.74, 6) is -0.355. The van der Waals surface area contributed by atoms with Crippen molar-refractivity contribution in [1.82, 2.24) is 9.62 Å². The van der Waals surface area contributed by atoms with Gasteiger partial charge in [0.1, 0.15) is 0 Å². The molecule has 7 nitrogen and oxygen atoms in total. The molecule has 1 fully saturated rings. The van der Waals surface area contributed by atoms with Crippen LogP contribution in [0.25, 0.3) is 0 Å². The summed E-state index contributed by atoms with van der Waals surface area (Å²) in [4.78, 5) is 26.4. The number of hydrogen-bond donors (Lipinski definition) is 1. The average Bonchev–Trinajstić information content (AvgIpc) is 2.82. The first-order chi connectivity index (χ1) is 13.0. The summed E-state index contributed by atoms with van der Waals surface area (Å²) in [7, 11) is -0.744. The van der Waals surface area contributed by atoms with E-state index in [1.165, 1.54) is 19.5 Å². The van der Waals surface area contributed by atoms with Crippen molar-refractivity contribution in [1.29, 1.82) is 0 Å². The van der Waals surface area contributed by atoms with Gasteiger partial charge in [-0.2, -0.15) is 4.31 Å². The molecule has 1 aliphatic carbocycles. The minimum absolute atomic E-state index is 0.0720. The lowest BCUT2D eigenvalue weighted by atomic mass is 9.86. The smallest absolute Gasteiger partial charge is 0.243 e. The summed E-state index contributed by atoms with van der Waals surface area (Å²) in [6, 6.07) is 4.85. The van der Waals surface area contributed by atoms with Crippen LogP contribution in [0.5, 0.6) is 0 Å². The van der Waals surface area contributed by atoms with Gasteiger partial charge in [0, 0.05) is 25.8 Å². The first-order valence-corrected chi connectivity index (χ1v) is 11.2. The lowest BCUT2D eigenvalue weighted by Crippen LogP contribution is -2.43. The third-order valence-corrected chi connectivity index (χ3v) is 7.69. The molecule has 1 aromatic carbocycles. The molecule has 1 aromatic rings. The van der Waals surface area contributed by atoms with Crippen molar-refractivity contribution in [2.45, 2.75) is 62.3 Å². The normalized spacial score (nSPS) is 19.8. The second-order valence-electron chi connectivity index (χ2n) is 8.33. The predicted octanol–water partition coefficient (Wildman–Crippen LogP) is 2.01. The zero-order valence-corrected chi connectivity index (χ0v) is 17.8. The molecule has 0 atom stereocenters. The number of amides is 2. The molecule has 154 valence electrons. The van der Waals surface area contributed by atoms with Crippen molar-refractivity contribution in [3.8, 4) is 0 Å². The van der Waals surface area contributed by atoms with Gasteiger partial charge in [0.25, 0.3) is 0 Å². The number of anilines is 1. The van der Waals surface area contributed by atoms with Gasteiger partial charge >= 0.3 is 0 Å². The largest absolute Gasteiger partial charge is 0.352 e. The molecule has 0 unspecified atom stereocenters. The Balaban J connectivity index is 1.76. The van der Waals surface area contributed by atoms with E-state index in [0.717, 1.165) is 30.0 Å². The van der Waals surface area contributed by atoms with Crippen LogP contribution in [-0.4, -0.2) is 51.2 Å². The van der Waals surface area contributed by atoms with Crippen molar-refractivity contribution in [2.24, 2.45) is 0 Å². The fourth-order valence-corrected chi connectivity index (χ4v) is 5.25. The van der Waals surface area contributed by atoms with Crippen LogP contribution in [0.2, 0.25) is 0 Å². The third-order valence-electron chi connectivity index (χ3n) is 5.89. The minimum atomic E-state index is -3.84. The predicted molar refractivity (Wildman–Crippen MR) is 108 cm³/mol. The Morgan fingerprint density at radius 3 is 2.54 bits per heavy atom. The zero-order valence-electron chi connectivity index (χ0n) is 17.0. The molecule has 1 saturated carbocycles. The molecule has 3 rings (SSSR count). The van der Waals surface area contributed by atoms with Gasteiger partial charge in [0.15, 0.2) is 0 Å². The monoisotopic (exact) mass is 407 g/mol. The molecule has 0 radical (unpaired) electrons. The number of likely N-dealkylation sites (N-methyl/N-ethyl adjacent to an activating group) is 2. The summed E-state index contributed by atoms with van der Waals surface area (Å²) < 4.78 is 27.0. The van der Waals surface area contributed by atoms with Gasteiger partial charge in [-0.3, -0.25) is 9.59 Å². The first-order valence-electron chi connectivity index (χ1n) is 9.73. The van der Waals surface area contributed by atoms with Crippen molar-refractivity contribution in [3.63, 3.8) is 0 Å².